The molecule has 1 aliphatic heterocycles. The third-order valence-corrected chi connectivity index (χ3v) is 3.16. The largest absolute Gasteiger partial charge is 0.478 e. The zero-order valence-electron chi connectivity index (χ0n) is 10.8. The number of carbonyl (C=O) groups is 2. The van der Waals surface area contributed by atoms with Crippen LogP contribution in [0.2, 0.25) is 0 Å². The van der Waals surface area contributed by atoms with Crippen LogP contribution in [0.25, 0.3) is 0 Å². The van der Waals surface area contributed by atoms with Gasteiger partial charge in [0.25, 0.3) is 0 Å². The van der Waals surface area contributed by atoms with Gasteiger partial charge >= 0.3 is 12.1 Å². The highest BCUT2D eigenvalue weighted by atomic mass is 16.6. The molecule has 0 radical (unpaired) electrons. The Hall–Kier alpha value is -2.34. The number of carbonyl (C=O) groups excluding carboxylic acids is 1. The molecule has 2 N–H and O–H groups in total. The van der Waals surface area contributed by atoms with Gasteiger partial charge in [0.15, 0.2) is 0 Å². The molecule has 0 atom stereocenters. The van der Waals surface area contributed by atoms with E-state index in [2.05, 4.69) is 6.58 Å². The van der Waals surface area contributed by atoms with Gasteiger partial charge in [0.1, 0.15) is 6.61 Å². The van der Waals surface area contributed by atoms with Crippen LogP contribution in [0.4, 0.5) is 10.5 Å². The maximum Gasteiger partial charge on any atom is 0.414 e. The number of hydrogen-bond donors (Lipinski definition) is 2. The third kappa shape index (κ3) is 2.50. The second-order valence-corrected chi connectivity index (χ2v) is 4.36. The minimum Gasteiger partial charge on any atom is -0.478 e. The lowest BCUT2D eigenvalue weighted by Crippen LogP contribution is -2.29. The predicted molar refractivity (Wildman–Crippen MR) is 71.9 cm³/mol. The van der Waals surface area contributed by atoms with Crippen LogP contribution in [0.5, 0.6) is 0 Å². The number of ether oxygens (including phenoxy) is 1. The molecule has 106 valence electrons. The lowest BCUT2D eigenvalue weighted by Gasteiger charge is -2.17. The van der Waals surface area contributed by atoms with E-state index in [-0.39, 0.29) is 18.8 Å². The molecule has 0 unspecified atom stereocenters. The van der Waals surface area contributed by atoms with Crippen LogP contribution >= 0.6 is 0 Å². The van der Waals surface area contributed by atoms with Gasteiger partial charge in [-0.25, -0.2) is 9.59 Å². The normalized spacial score (nSPS) is 12.9. The molecule has 1 heterocycles. The number of carboxylic acids is 1. The Kier molecular flexibility index (Phi) is 4.05. The van der Waals surface area contributed by atoms with Crippen molar-refractivity contribution in [3.05, 3.63) is 41.5 Å². The maximum absolute atomic E-state index is 11.9. The topological polar surface area (TPSA) is 87.1 Å². The van der Waals surface area contributed by atoms with Crippen molar-refractivity contribution < 1.29 is 24.5 Å². The maximum atomic E-state index is 11.9. The molecule has 1 amide bonds. The van der Waals surface area contributed by atoms with Gasteiger partial charge in [0.2, 0.25) is 0 Å². The number of anilines is 1. The Balaban J connectivity index is 2.39. The number of aliphatic hydroxyl groups excluding tert-OH is 1. The van der Waals surface area contributed by atoms with Crippen molar-refractivity contribution >= 4 is 17.7 Å². The molecule has 0 aliphatic carbocycles. The molecule has 1 aromatic rings. The molecular formula is C14H15NO5. The summed E-state index contributed by atoms with van der Waals surface area (Å²) >= 11 is 0. The first-order valence-electron chi connectivity index (χ1n) is 6.13. The predicted octanol–water partition coefficient (Wildman–Crippen LogP) is 1.56. The van der Waals surface area contributed by atoms with E-state index in [1.807, 2.05) is 0 Å². The Morgan fingerprint density at radius 3 is 2.80 bits per heavy atom. The van der Waals surface area contributed by atoms with Crippen LogP contribution < -0.4 is 4.90 Å². The van der Waals surface area contributed by atoms with Crippen molar-refractivity contribution in [1.29, 1.82) is 0 Å². The summed E-state index contributed by atoms with van der Waals surface area (Å²) in [7, 11) is 0. The van der Waals surface area contributed by atoms with E-state index < -0.39 is 12.1 Å². The first-order chi connectivity index (χ1) is 9.58. The Labute approximate surface area is 115 Å². The average Bonchev–Trinajstić information content (AvgIpc) is 2.87. The molecule has 0 saturated carbocycles. The molecule has 0 aromatic heterocycles. The van der Waals surface area contributed by atoms with Crippen LogP contribution in [-0.2, 0) is 17.8 Å². The number of hydrogen-bond acceptors (Lipinski definition) is 4. The Morgan fingerprint density at radius 1 is 1.45 bits per heavy atom. The number of aliphatic hydroxyl groups is 1. The summed E-state index contributed by atoms with van der Waals surface area (Å²) in [5.41, 5.74) is 1.84. The summed E-state index contributed by atoms with van der Waals surface area (Å²) in [5, 5.41) is 18.4. The van der Waals surface area contributed by atoms with Crippen molar-refractivity contribution in [3.8, 4) is 0 Å². The van der Waals surface area contributed by atoms with Gasteiger partial charge in [0, 0.05) is 6.54 Å². The highest BCUT2D eigenvalue weighted by molar-refractivity contribution is 5.95. The number of carboxylic acid groups (broad SMARTS) is 1. The first kappa shape index (κ1) is 14.1. The van der Waals surface area contributed by atoms with Crippen molar-refractivity contribution in [3.63, 3.8) is 0 Å². The molecule has 1 aliphatic rings. The van der Waals surface area contributed by atoms with Crippen molar-refractivity contribution in [2.24, 2.45) is 0 Å². The Morgan fingerprint density at radius 2 is 2.20 bits per heavy atom. The summed E-state index contributed by atoms with van der Waals surface area (Å²) in [5.74, 6) is -1.10. The van der Waals surface area contributed by atoms with E-state index in [1.54, 1.807) is 0 Å². The molecular weight excluding hydrogens is 262 g/mol. The van der Waals surface area contributed by atoms with E-state index in [0.717, 1.165) is 5.56 Å². The smallest absolute Gasteiger partial charge is 0.414 e. The molecule has 0 fully saturated rings. The molecule has 6 heteroatoms. The fourth-order valence-electron chi connectivity index (χ4n) is 2.25. The van der Waals surface area contributed by atoms with Gasteiger partial charge in [-0.3, -0.25) is 4.90 Å². The van der Waals surface area contributed by atoms with Gasteiger partial charge in [-0.15, -0.1) is 0 Å². The number of amides is 1. The van der Waals surface area contributed by atoms with Crippen molar-refractivity contribution in [1.82, 2.24) is 0 Å². The molecule has 1 aromatic carbocycles. The summed E-state index contributed by atoms with van der Waals surface area (Å²) in [6, 6.07) is 2.86. The molecule has 2 rings (SSSR count). The minimum atomic E-state index is -1.10. The van der Waals surface area contributed by atoms with Crippen LogP contribution in [0.15, 0.2) is 24.8 Å². The second kappa shape index (κ2) is 5.75. The number of nitrogens with zero attached hydrogens (tertiary/aromatic N) is 1. The van der Waals surface area contributed by atoms with Gasteiger partial charge < -0.3 is 14.9 Å². The van der Waals surface area contributed by atoms with E-state index in [9.17, 15) is 14.7 Å². The van der Waals surface area contributed by atoms with Gasteiger partial charge in [-0.05, 0) is 29.7 Å². The second-order valence-electron chi connectivity index (χ2n) is 4.36. The zero-order chi connectivity index (χ0) is 14.7. The standard InChI is InChI=1S/C14H15NO5/c1-2-5-20-14(19)15-4-3-11-10(8-16)6-9(13(17)18)7-12(11)15/h2,6-7,16H,1,3-5,8H2,(H,17,18). The summed E-state index contributed by atoms with van der Waals surface area (Å²) < 4.78 is 4.96. The lowest BCUT2D eigenvalue weighted by molar-refractivity contribution is 0.0696. The van der Waals surface area contributed by atoms with Gasteiger partial charge in [0.05, 0.1) is 17.9 Å². The lowest BCUT2D eigenvalue weighted by atomic mass is 10.0. The van der Waals surface area contributed by atoms with E-state index in [4.69, 9.17) is 9.84 Å². The van der Waals surface area contributed by atoms with E-state index in [1.165, 1.54) is 23.1 Å². The highest BCUT2D eigenvalue weighted by Gasteiger charge is 2.28. The van der Waals surface area contributed by atoms with Crippen LogP contribution in [-0.4, -0.2) is 35.4 Å². The monoisotopic (exact) mass is 277 g/mol. The summed E-state index contributed by atoms with van der Waals surface area (Å²) in [6.07, 6.45) is 1.48. The molecule has 0 saturated heterocycles. The number of aromatic carboxylic acids is 1. The zero-order valence-corrected chi connectivity index (χ0v) is 10.8. The molecule has 0 bridgehead atoms. The highest BCUT2D eigenvalue weighted by Crippen LogP contribution is 2.33. The fourth-order valence-corrected chi connectivity index (χ4v) is 2.25. The van der Waals surface area contributed by atoms with Crippen LogP contribution in [0.1, 0.15) is 21.5 Å². The quantitative estimate of drug-likeness (QED) is 0.815. The molecule has 0 spiro atoms. The van der Waals surface area contributed by atoms with Gasteiger partial charge in [-0.2, -0.15) is 0 Å². The van der Waals surface area contributed by atoms with Crippen molar-refractivity contribution in [2.45, 2.75) is 13.0 Å². The molecule has 6 nitrogen and oxygen atoms in total. The number of fused-ring (bicyclic) bond motifs is 1. The number of benzene rings is 1. The van der Waals surface area contributed by atoms with E-state index >= 15 is 0 Å². The van der Waals surface area contributed by atoms with Crippen molar-refractivity contribution in [2.75, 3.05) is 18.1 Å². The van der Waals surface area contributed by atoms with Crippen LogP contribution in [0, 0.1) is 0 Å². The third-order valence-electron chi connectivity index (χ3n) is 3.16. The number of rotatable bonds is 4. The molecule has 20 heavy (non-hydrogen) atoms. The van der Waals surface area contributed by atoms with Crippen LogP contribution in [0.3, 0.4) is 0 Å². The van der Waals surface area contributed by atoms with Gasteiger partial charge in [-0.1, -0.05) is 12.7 Å². The SMILES string of the molecule is C=CCOC(=O)N1CCc2c(CO)cc(C(=O)O)cc21. The first-order valence-corrected chi connectivity index (χ1v) is 6.13. The Bertz CT molecular complexity index is 567. The van der Waals surface area contributed by atoms with E-state index in [0.29, 0.717) is 24.2 Å². The summed E-state index contributed by atoms with van der Waals surface area (Å²) in [4.78, 5) is 24.4. The average molecular weight is 277 g/mol. The summed E-state index contributed by atoms with van der Waals surface area (Å²) in [6.45, 7) is 3.69. The fraction of sp³-hybridized carbons (Fsp3) is 0.286. The minimum absolute atomic E-state index is 0.0382.